The fourth-order valence-corrected chi connectivity index (χ4v) is 0.395. The molecule has 1 N–H and O–H groups in total. The Kier molecular flexibility index (Phi) is 4.67. The molecule has 0 aliphatic rings. The van der Waals surface area contributed by atoms with Gasteiger partial charge in [0.1, 0.15) is 5.84 Å². The van der Waals surface area contributed by atoms with Crippen LogP contribution in [0.3, 0.4) is 0 Å². The number of hydrogen-bond acceptors (Lipinski definition) is 3. The van der Waals surface area contributed by atoms with E-state index in [0.717, 1.165) is 12.3 Å². The minimum Gasteiger partial charge on any atom is -0.274 e. The van der Waals surface area contributed by atoms with Gasteiger partial charge in [0.05, 0.1) is 7.05 Å². The van der Waals surface area contributed by atoms with Crippen LogP contribution in [0.5, 0.6) is 0 Å². The van der Waals surface area contributed by atoms with Crippen LogP contribution in [0.2, 0.25) is 0 Å². The second-order valence-corrected chi connectivity index (χ2v) is 1.44. The molecule has 0 aliphatic heterocycles. The zero-order valence-electron chi connectivity index (χ0n) is 6.05. The van der Waals surface area contributed by atoms with E-state index in [-0.39, 0.29) is 0 Å². The quantitative estimate of drug-likeness (QED) is 0.256. The maximum atomic E-state index is 3.90. The lowest BCUT2D eigenvalue weighted by Crippen LogP contribution is -2.15. The van der Waals surface area contributed by atoms with Gasteiger partial charge in [-0.2, -0.15) is 5.11 Å². The summed E-state index contributed by atoms with van der Waals surface area (Å²) >= 11 is 0. The van der Waals surface area contributed by atoms with Gasteiger partial charge in [0.25, 0.3) is 0 Å². The van der Waals surface area contributed by atoms with Gasteiger partial charge in [-0.3, -0.25) is 4.99 Å². The molecule has 0 spiro atoms. The molecule has 0 unspecified atom stereocenters. The van der Waals surface area contributed by atoms with E-state index in [1.165, 1.54) is 0 Å². The summed E-state index contributed by atoms with van der Waals surface area (Å²) in [5, 5.41) is 7.06. The molecule has 4 heteroatoms. The first-order valence-electron chi connectivity index (χ1n) is 2.85. The van der Waals surface area contributed by atoms with E-state index in [1.807, 2.05) is 6.92 Å². The highest BCUT2D eigenvalue weighted by atomic mass is 15.4. The number of rotatable bonds is 2. The third kappa shape index (κ3) is 3.64. The molecule has 0 aromatic carbocycles. The predicted molar refractivity (Wildman–Crippen MR) is 37.6 cm³/mol. The van der Waals surface area contributed by atoms with Crippen molar-refractivity contribution in [1.29, 1.82) is 0 Å². The first kappa shape index (κ1) is 8.07. The van der Waals surface area contributed by atoms with Gasteiger partial charge in [-0.1, -0.05) is 12.1 Å². The van der Waals surface area contributed by atoms with Crippen LogP contribution in [0, 0.1) is 0 Å². The number of nitrogens with one attached hydrogen (secondary N) is 1. The minimum absolute atomic E-state index is 0.848. The van der Waals surface area contributed by atoms with Crippen molar-refractivity contribution in [2.24, 2.45) is 15.3 Å². The SMILES string of the molecule is CCC(=NC)NN=NC. The second-order valence-electron chi connectivity index (χ2n) is 1.44. The first-order valence-corrected chi connectivity index (χ1v) is 2.85. The molecular formula is C5H12N4. The standard InChI is InChI=1S/C5H12N4/c1-4-5(6-2)8-9-7-3/h4H2,1-3H3,(H,6,7,8). The number of hydrogen-bond donors (Lipinski definition) is 1. The minimum atomic E-state index is 0.848. The van der Waals surface area contributed by atoms with Crippen molar-refractivity contribution in [2.75, 3.05) is 14.1 Å². The molecule has 4 nitrogen and oxygen atoms in total. The summed E-state index contributed by atoms with van der Waals surface area (Å²) in [6.07, 6.45) is 0.857. The van der Waals surface area contributed by atoms with Crippen LogP contribution in [-0.4, -0.2) is 19.9 Å². The third-order valence-corrected chi connectivity index (χ3v) is 0.884. The maximum Gasteiger partial charge on any atom is 0.118 e. The van der Waals surface area contributed by atoms with Gasteiger partial charge in [-0.15, -0.1) is 0 Å². The lowest BCUT2D eigenvalue weighted by atomic mass is 10.4. The van der Waals surface area contributed by atoms with Gasteiger partial charge in [-0.25, -0.2) is 5.43 Å². The van der Waals surface area contributed by atoms with E-state index in [1.54, 1.807) is 14.1 Å². The van der Waals surface area contributed by atoms with Crippen LogP contribution in [-0.2, 0) is 0 Å². The van der Waals surface area contributed by atoms with Crippen molar-refractivity contribution < 1.29 is 0 Å². The summed E-state index contributed by atoms with van der Waals surface area (Å²) < 4.78 is 0. The Labute approximate surface area is 55.1 Å². The molecule has 0 saturated carbocycles. The van der Waals surface area contributed by atoms with Gasteiger partial charge in [-0.05, 0) is 0 Å². The fraction of sp³-hybridized carbons (Fsp3) is 0.800. The molecule has 0 aliphatic carbocycles. The van der Waals surface area contributed by atoms with E-state index < -0.39 is 0 Å². The van der Waals surface area contributed by atoms with Crippen LogP contribution >= 0.6 is 0 Å². The van der Waals surface area contributed by atoms with Crippen LogP contribution in [0.4, 0.5) is 0 Å². The number of nitrogens with zero attached hydrogens (tertiary/aromatic N) is 3. The molecule has 9 heavy (non-hydrogen) atoms. The van der Waals surface area contributed by atoms with Crippen LogP contribution in [0.15, 0.2) is 15.3 Å². The van der Waals surface area contributed by atoms with Crippen molar-refractivity contribution in [3.8, 4) is 0 Å². The molecule has 0 fully saturated rings. The van der Waals surface area contributed by atoms with E-state index in [0.29, 0.717) is 0 Å². The van der Waals surface area contributed by atoms with Gasteiger partial charge < -0.3 is 0 Å². The molecule has 0 heterocycles. The summed E-state index contributed by atoms with van der Waals surface area (Å²) in [6.45, 7) is 2.00. The van der Waals surface area contributed by atoms with Crippen molar-refractivity contribution in [2.45, 2.75) is 13.3 Å². The Morgan fingerprint density at radius 1 is 1.44 bits per heavy atom. The van der Waals surface area contributed by atoms with Crippen molar-refractivity contribution in [1.82, 2.24) is 5.43 Å². The normalized spacial score (nSPS) is 12.6. The highest BCUT2D eigenvalue weighted by molar-refractivity contribution is 5.81. The van der Waals surface area contributed by atoms with Crippen molar-refractivity contribution >= 4 is 5.84 Å². The zero-order valence-corrected chi connectivity index (χ0v) is 6.05. The summed E-state index contributed by atoms with van der Waals surface area (Å²) in [6, 6.07) is 0. The Bertz CT molecular complexity index is 116. The molecule has 52 valence electrons. The fourth-order valence-electron chi connectivity index (χ4n) is 0.395. The average Bonchev–Trinajstić information content (AvgIpc) is 1.91. The largest absolute Gasteiger partial charge is 0.274 e. The van der Waals surface area contributed by atoms with Crippen molar-refractivity contribution in [3.05, 3.63) is 0 Å². The van der Waals surface area contributed by atoms with Gasteiger partial charge in [0, 0.05) is 13.5 Å². The van der Waals surface area contributed by atoms with Crippen LogP contribution in [0.25, 0.3) is 0 Å². The van der Waals surface area contributed by atoms with Crippen LogP contribution in [0.1, 0.15) is 13.3 Å². The molecule has 0 saturated heterocycles. The summed E-state index contributed by atoms with van der Waals surface area (Å²) in [4.78, 5) is 3.90. The third-order valence-electron chi connectivity index (χ3n) is 0.884. The molecule has 0 amide bonds. The van der Waals surface area contributed by atoms with E-state index in [9.17, 15) is 0 Å². The summed E-state index contributed by atoms with van der Waals surface area (Å²) in [5.41, 5.74) is 2.68. The van der Waals surface area contributed by atoms with Gasteiger partial charge >= 0.3 is 0 Å². The molecular weight excluding hydrogens is 116 g/mol. The van der Waals surface area contributed by atoms with Gasteiger partial charge in [0.15, 0.2) is 0 Å². The smallest absolute Gasteiger partial charge is 0.118 e. The molecule has 0 aromatic rings. The lowest BCUT2D eigenvalue weighted by molar-refractivity contribution is 0.869. The first-order chi connectivity index (χ1) is 4.35. The Morgan fingerprint density at radius 3 is 2.44 bits per heavy atom. The maximum absolute atomic E-state index is 3.90. The zero-order chi connectivity index (χ0) is 7.11. The Hall–Kier alpha value is -0.930. The van der Waals surface area contributed by atoms with Gasteiger partial charge in [0.2, 0.25) is 0 Å². The topological polar surface area (TPSA) is 49.1 Å². The summed E-state index contributed by atoms with van der Waals surface area (Å²) in [7, 11) is 3.33. The molecule has 0 bridgehead atoms. The average molecular weight is 128 g/mol. The predicted octanol–water partition coefficient (Wildman–Crippen LogP) is 1.01. The van der Waals surface area contributed by atoms with E-state index >= 15 is 0 Å². The Balaban J connectivity index is 3.58. The highest BCUT2D eigenvalue weighted by Gasteiger charge is 1.86. The monoisotopic (exact) mass is 128 g/mol. The number of aliphatic imine (C=N–C) groups is 1. The number of amidine groups is 1. The molecule has 0 aromatic heterocycles. The highest BCUT2D eigenvalue weighted by Crippen LogP contribution is 1.78. The van der Waals surface area contributed by atoms with Crippen molar-refractivity contribution in [3.63, 3.8) is 0 Å². The Morgan fingerprint density at radius 2 is 2.11 bits per heavy atom. The lowest BCUT2D eigenvalue weighted by Gasteiger charge is -1.96. The summed E-state index contributed by atoms with van der Waals surface area (Å²) in [5.74, 6) is 0.848. The molecule has 0 atom stereocenters. The molecule has 0 radical (unpaired) electrons. The van der Waals surface area contributed by atoms with E-state index in [4.69, 9.17) is 0 Å². The molecule has 0 rings (SSSR count). The van der Waals surface area contributed by atoms with E-state index in [2.05, 4.69) is 20.8 Å². The second kappa shape index (κ2) is 5.21. The van der Waals surface area contributed by atoms with Crippen LogP contribution < -0.4 is 5.43 Å².